The molecular weight excluding hydrogens is 232 g/mol. The van der Waals surface area contributed by atoms with Gasteiger partial charge in [0.1, 0.15) is 5.69 Å². The van der Waals surface area contributed by atoms with Gasteiger partial charge in [0.25, 0.3) is 6.43 Å². The Hall–Kier alpha value is -0.710. The zero-order chi connectivity index (χ0) is 9.14. The fourth-order valence-electron chi connectivity index (χ4n) is 0.709. The van der Waals surface area contributed by atoms with Crippen molar-refractivity contribution < 1.29 is 13.5 Å². The molecule has 0 aromatic carbocycles. The molecule has 0 atom stereocenters. The van der Waals surface area contributed by atoms with Gasteiger partial charge in [-0.25, -0.2) is 13.8 Å². The van der Waals surface area contributed by atoms with Crippen LogP contribution in [0, 0.1) is 0 Å². The molecule has 12 heavy (non-hydrogen) atoms. The van der Waals surface area contributed by atoms with Gasteiger partial charge in [0.15, 0.2) is 0 Å². The van der Waals surface area contributed by atoms with Crippen LogP contribution >= 0.6 is 15.9 Å². The van der Waals surface area contributed by atoms with E-state index < -0.39 is 6.43 Å². The predicted octanol–water partition coefficient (Wildman–Crippen LogP) is 2.79. The van der Waals surface area contributed by atoms with E-state index in [0.717, 1.165) is 0 Å². The summed E-state index contributed by atoms with van der Waals surface area (Å²) in [5.74, 6) is 0.180. The summed E-state index contributed by atoms with van der Waals surface area (Å²) in [5.41, 5.74) is -0.291. The number of rotatable bonds is 2. The highest BCUT2D eigenvalue weighted by Crippen LogP contribution is 2.23. The summed E-state index contributed by atoms with van der Waals surface area (Å²) in [6, 6.07) is 2.78. The van der Waals surface area contributed by atoms with Gasteiger partial charge in [-0.1, -0.05) is 15.9 Å². The SMILES string of the molecule is COc1cc(Br)cc(C(F)F)n1. The lowest BCUT2D eigenvalue weighted by Gasteiger charge is -2.03. The average Bonchev–Trinajstić information content (AvgIpc) is 2.03. The minimum absolute atomic E-state index is 0.180. The average molecular weight is 238 g/mol. The fraction of sp³-hybridized carbons (Fsp3) is 0.286. The number of hydrogen-bond donors (Lipinski definition) is 0. The molecule has 0 bridgehead atoms. The minimum Gasteiger partial charge on any atom is -0.481 e. The van der Waals surface area contributed by atoms with Crippen LogP contribution in [0.15, 0.2) is 16.6 Å². The molecule has 0 spiro atoms. The van der Waals surface area contributed by atoms with Crippen molar-refractivity contribution >= 4 is 15.9 Å². The van der Waals surface area contributed by atoms with Crippen LogP contribution in [0.3, 0.4) is 0 Å². The second kappa shape index (κ2) is 3.80. The van der Waals surface area contributed by atoms with Crippen LogP contribution in [0.25, 0.3) is 0 Å². The maximum absolute atomic E-state index is 12.1. The summed E-state index contributed by atoms with van der Waals surface area (Å²) in [4.78, 5) is 3.55. The molecule has 0 unspecified atom stereocenters. The maximum atomic E-state index is 12.1. The van der Waals surface area contributed by atoms with Crippen LogP contribution < -0.4 is 4.74 Å². The summed E-state index contributed by atoms with van der Waals surface area (Å²) in [7, 11) is 1.38. The third-order valence-electron chi connectivity index (χ3n) is 1.22. The van der Waals surface area contributed by atoms with Crippen molar-refractivity contribution in [3.8, 4) is 5.88 Å². The van der Waals surface area contributed by atoms with Gasteiger partial charge in [-0.15, -0.1) is 0 Å². The molecule has 0 aliphatic heterocycles. The first-order valence-corrected chi connectivity index (χ1v) is 3.92. The van der Waals surface area contributed by atoms with Gasteiger partial charge < -0.3 is 4.74 Å². The molecule has 66 valence electrons. The Labute approximate surface area is 76.7 Å². The quantitative estimate of drug-likeness (QED) is 0.790. The first-order valence-electron chi connectivity index (χ1n) is 3.13. The smallest absolute Gasteiger partial charge is 0.280 e. The Bertz CT molecular complexity index is 280. The van der Waals surface area contributed by atoms with E-state index in [2.05, 4.69) is 20.9 Å². The number of nitrogens with zero attached hydrogens (tertiary/aromatic N) is 1. The van der Waals surface area contributed by atoms with Crippen molar-refractivity contribution in [2.45, 2.75) is 6.43 Å². The molecule has 1 aromatic heterocycles. The second-order valence-corrected chi connectivity index (χ2v) is 2.97. The number of halogens is 3. The zero-order valence-electron chi connectivity index (χ0n) is 6.22. The first kappa shape index (κ1) is 9.38. The molecule has 0 fully saturated rings. The monoisotopic (exact) mass is 237 g/mol. The van der Waals surface area contributed by atoms with Crippen LogP contribution in [-0.2, 0) is 0 Å². The molecule has 1 heterocycles. The highest BCUT2D eigenvalue weighted by Gasteiger charge is 2.10. The van der Waals surface area contributed by atoms with Gasteiger partial charge in [0, 0.05) is 10.5 Å². The van der Waals surface area contributed by atoms with E-state index in [-0.39, 0.29) is 11.6 Å². The number of pyridine rings is 1. The largest absolute Gasteiger partial charge is 0.481 e. The standard InChI is InChI=1S/C7H6BrF2NO/c1-12-6-3-4(8)2-5(11-6)7(9)10/h2-3,7H,1H3. The molecule has 0 saturated heterocycles. The Balaban J connectivity index is 3.06. The summed E-state index contributed by atoms with van der Waals surface area (Å²) in [6.45, 7) is 0. The number of hydrogen-bond acceptors (Lipinski definition) is 2. The second-order valence-electron chi connectivity index (χ2n) is 2.05. The van der Waals surface area contributed by atoms with Gasteiger partial charge in [0.05, 0.1) is 7.11 Å². The van der Waals surface area contributed by atoms with Crippen molar-refractivity contribution in [1.82, 2.24) is 4.98 Å². The third kappa shape index (κ3) is 2.14. The first-order chi connectivity index (χ1) is 5.63. The molecule has 0 N–H and O–H groups in total. The number of methoxy groups -OCH3 is 1. The Morgan fingerprint density at radius 3 is 2.67 bits per heavy atom. The van der Waals surface area contributed by atoms with Crippen molar-refractivity contribution in [2.24, 2.45) is 0 Å². The van der Waals surface area contributed by atoms with Gasteiger partial charge in [0.2, 0.25) is 5.88 Å². The maximum Gasteiger partial charge on any atom is 0.280 e. The number of alkyl halides is 2. The van der Waals surface area contributed by atoms with E-state index in [0.29, 0.717) is 4.47 Å². The van der Waals surface area contributed by atoms with Crippen LogP contribution in [0.4, 0.5) is 8.78 Å². The molecule has 0 amide bonds. The Morgan fingerprint density at radius 2 is 2.17 bits per heavy atom. The van der Waals surface area contributed by atoms with Gasteiger partial charge in [-0.05, 0) is 6.07 Å². The van der Waals surface area contributed by atoms with Gasteiger partial charge in [-0.2, -0.15) is 0 Å². The van der Waals surface area contributed by atoms with Crippen molar-refractivity contribution in [1.29, 1.82) is 0 Å². The summed E-state index contributed by atoms with van der Waals surface area (Å²) in [6.07, 6.45) is -2.57. The van der Waals surface area contributed by atoms with Crippen molar-refractivity contribution in [2.75, 3.05) is 7.11 Å². The zero-order valence-corrected chi connectivity index (χ0v) is 7.81. The van der Waals surface area contributed by atoms with E-state index in [1.54, 1.807) is 0 Å². The highest BCUT2D eigenvalue weighted by molar-refractivity contribution is 9.10. The molecule has 5 heteroatoms. The predicted molar refractivity (Wildman–Crippen MR) is 43.4 cm³/mol. The molecule has 0 saturated carbocycles. The van der Waals surface area contributed by atoms with E-state index in [1.807, 2.05) is 0 Å². The minimum atomic E-state index is -2.57. The van der Waals surface area contributed by atoms with E-state index in [9.17, 15) is 8.78 Å². The summed E-state index contributed by atoms with van der Waals surface area (Å²) >= 11 is 3.07. The molecule has 0 radical (unpaired) electrons. The Morgan fingerprint density at radius 1 is 1.50 bits per heavy atom. The topological polar surface area (TPSA) is 22.1 Å². The van der Waals surface area contributed by atoms with Gasteiger partial charge in [-0.3, -0.25) is 0 Å². The molecule has 1 rings (SSSR count). The van der Waals surface area contributed by atoms with Crippen LogP contribution in [0.1, 0.15) is 12.1 Å². The normalized spacial score (nSPS) is 10.4. The Kier molecular flexibility index (Phi) is 2.97. The molecule has 1 aromatic rings. The van der Waals surface area contributed by atoms with E-state index in [4.69, 9.17) is 4.74 Å². The third-order valence-corrected chi connectivity index (χ3v) is 1.68. The molecular formula is C7H6BrF2NO. The molecule has 0 aliphatic rings. The molecule has 2 nitrogen and oxygen atoms in total. The summed E-state index contributed by atoms with van der Waals surface area (Å²) in [5, 5.41) is 0. The highest BCUT2D eigenvalue weighted by atomic mass is 79.9. The van der Waals surface area contributed by atoms with Gasteiger partial charge >= 0.3 is 0 Å². The lowest BCUT2D eigenvalue weighted by molar-refractivity contribution is 0.145. The lowest BCUT2D eigenvalue weighted by Crippen LogP contribution is -1.94. The number of ether oxygens (including phenoxy) is 1. The lowest BCUT2D eigenvalue weighted by atomic mass is 10.3. The van der Waals surface area contributed by atoms with Crippen LogP contribution in [-0.4, -0.2) is 12.1 Å². The van der Waals surface area contributed by atoms with Crippen LogP contribution in [0.5, 0.6) is 5.88 Å². The van der Waals surface area contributed by atoms with E-state index >= 15 is 0 Å². The van der Waals surface area contributed by atoms with E-state index in [1.165, 1.54) is 19.2 Å². The van der Waals surface area contributed by atoms with Crippen molar-refractivity contribution in [3.05, 3.63) is 22.3 Å². The van der Waals surface area contributed by atoms with Crippen LogP contribution in [0.2, 0.25) is 0 Å². The number of aromatic nitrogens is 1. The van der Waals surface area contributed by atoms with Crippen molar-refractivity contribution in [3.63, 3.8) is 0 Å². The fourth-order valence-corrected chi connectivity index (χ4v) is 1.14. The summed E-state index contributed by atoms with van der Waals surface area (Å²) < 4.78 is 29.5. The molecule has 0 aliphatic carbocycles.